The Morgan fingerprint density at radius 1 is 0.864 bits per heavy atom. The third kappa shape index (κ3) is 5.42. The van der Waals surface area contributed by atoms with E-state index in [9.17, 15) is 16.8 Å². The Kier molecular flexibility index (Phi) is 9.37. The minimum atomic E-state index is -4.64. The van der Waals surface area contributed by atoms with Crippen LogP contribution in [-0.2, 0) is 20.2 Å². The average molecular weight is 369 g/mol. The predicted molar refractivity (Wildman–Crippen MR) is 85.9 cm³/mol. The van der Waals surface area contributed by atoms with Crippen LogP contribution >= 0.6 is 0 Å². The topological polar surface area (TPSA) is 166 Å². The molecule has 2 aromatic rings. The molecule has 0 saturated heterocycles. The standard InChI is InChI=1S/C10H9NO6S2.2Na.H2O.2H/c11-7-1-2-9-6(3-7)4-8(18(12,13)14)5-10(9)19(15,16)17;;;;;/h1-5H,11H2,(H,12,13,14)(H,15,16,17);;;1H2;;. The van der Waals surface area contributed by atoms with Crippen LogP contribution in [0.15, 0.2) is 40.1 Å². The second kappa shape index (κ2) is 8.40. The molecule has 114 valence electrons. The van der Waals surface area contributed by atoms with Gasteiger partial charge in [0.25, 0.3) is 20.2 Å². The molecule has 0 radical (unpaired) electrons. The van der Waals surface area contributed by atoms with Crippen molar-refractivity contribution in [1.82, 2.24) is 0 Å². The van der Waals surface area contributed by atoms with Gasteiger partial charge in [-0.2, -0.15) is 16.8 Å². The third-order valence-corrected chi connectivity index (χ3v) is 4.21. The zero-order valence-electron chi connectivity index (χ0n) is 9.81. The van der Waals surface area contributed by atoms with Gasteiger partial charge in [0.2, 0.25) is 0 Å². The third-order valence-electron chi connectivity index (χ3n) is 2.49. The van der Waals surface area contributed by atoms with E-state index < -0.39 is 30.0 Å². The van der Waals surface area contributed by atoms with Crippen LogP contribution < -0.4 is 5.73 Å². The van der Waals surface area contributed by atoms with E-state index in [1.165, 1.54) is 18.2 Å². The Morgan fingerprint density at radius 3 is 1.86 bits per heavy atom. The van der Waals surface area contributed by atoms with Gasteiger partial charge in [0.15, 0.2) is 0 Å². The number of benzene rings is 2. The van der Waals surface area contributed by atoms with Crippen LogP contribution in [0.3, 0.4) is 0 Å². The van der Waals surface area contributed by atoms with E-state index in [2.05, 4.69) is 0 Å². The molecule has 6 N–H and O–H groups in total. The summed E-state index contributed by atoms with van der Waals surface area (Å²) >= 11 is 0. The zero-order valence-corrected chi connectivity index (χ0v) is 11.4. The second-order valence-electron chi connectivity index (χ2n) is 3.85. The van der Waals surface area contributed by atoms with E-state index in [0.29, 0.717) is 6.07 Å². The van der Waals surface area contributed by atoms with Crippen molar-refractivity contribution in [3.63, 3.8) is 0 Å². The van der Waals surface area contributed by atoms with Gasteiger partial charge in [0.05, 0.1) is 4.90 Å². The number of fused-ring (bicyclic) bond motifs is 1. The van der Waals surface area contributed by atoms with Gasteiger partial charge in [0.1, 0.15) is 4.90 Å². The first-order chi connectivity index (χ1) is 8.59. The fourth-order valence-corrected chi connectivity index (χ4v) is 3.05. The Hall–Kier alpha value is 0.280. The summed E-state index contributed by atoms with van der Waals surface area (Å²) in [4.78, 5) is -1.25. The van der Waals surface area contributed by atoms with Gasteiger partial charge >= 0.3 is 59.1 Å². The Bertz CT molecular complexity index is 882. The average Bonchev–Trinajstić information content (AvgIpc) is 2.24. The fourth-order valence-electron chi connectivity index (χ4n) is 1.69. The first kappa shape index (κ1) is 24.5. The first-order valence-corrected chi connectivity index (χ1v) is 7.75. The van der Waals surface area contributed by atoms with Crippen LogP contribution in [0.5, 0.6) is 0 Å². The SMILES string of the molecule is Nc1ccc2c(S(=O)(=O)O)cc(S(=O)(=O)O)cc2c1.O.[NaH].[NaH]. The second-order valence-corrected chi connectivity index (χ2v) is 6.66. The van der Waals surface area contributed by atoms with Gasteiger partial charge < -0.3 is 11.2 Å². The van der Waals surface area contributed by atoms with Crippen molar-refractivity contribution in [2.45, 2.75) is 9.79 Å². The molecule has 0 heterocycles. The van der Waals surface area contributed by atoms with Crippen molar-refractivity contribution in [2.24, 2.45) is 0 Å². The number of hydrogen-bond acceptors (Lipinski definition) is 5. The van der Waals surface area contributed by atoms with Crippen LogP contribution in [0, 0.1) is 0 Å². The molecule has 8 nitrogen and oxygen atoms in total. The molecular weight excluding hydrogens is 356 g/mol. The molecule has 0 aromatic heterocycles. The normalized spacial score (nSPS) is 11.0. The fraction of sp³-hybridized carbons (Fsp3) is 0. The maximum absolute atomic E-state index is 11.3. The van der Waals surface area contributed by atoms with Crippen LogP contribution in [0.2, 0.25) is 0 Å². The van der Waals surface area contributed by atoms with Crippen molar-refractivity contribution in [3.8, 4) is 0 Å². The van der Waals surface area contributed by atoms with Crippen LogP contribution in [-0.4, -0.2) is 90.5 Å². The van der Waals surface area contributed by atoms with Gasteiger partial charge in [0, 0.05) is 11.1 Å². The van der Waals surface area contributed by atoms with Gasteiger partial charge in [-0.1, -0.05) is 6.07 Å². The quantitative estimate of drug-likeness (QED) is 0.339. The van der Waals surface area contributed by atoms with Crippen molar-refractivity contribution in [2.75, 3.05) is 5.73 Å². The first-order valence-electron chi connectivity index (χ1n) is 4.87. The molecule has 0 amide bonds. The summed E-state index contributed by atoms with van der Waals surface area (Å²) in [5.74, 6) is 0. The summed E-state index contributed by atoms with van der Waals surface area (Å²) in [5, 5.41) is 0.270. The van der Waals surface area contributed by atoms with Crippen molar-refractivity contribution in [1.29, 1.82) is 0 Å². The molecule has 22 heavy (non-hydrogen) atoms. The summed E-state index contributed by atoms with van der Waals surface area (Å²) < 4.78 is 62.8. The van der Waals surface area contributed by atoms with Crippen LogP contribution in [0.1, 0.15) is 0 Å². The van der Waals surface area contributed by atoms with E-state index >= 15 is 0 Å². The van der Waals surface area contributed by atoms with Crippen molar-refractivity contribution >= 4 is 95.8 Å². The Morgan fingerprint density at radius 2 is 1.41 bits per heavy atom. The number of nitrogens with two attached hydrogens (primary N) is 1. The molecule has 0 spiro atoms. The van der Waals surface area contributed by atoms with E-state index in [-0.39, 0.29) is 81.1 Å². The summed E-state index contributed by atoms with van der Waals surface area (Å²) in [6.45, 7) is 0. The van der Waals surface area contributed by atoms with Gasteiger partial charge in [-0.05, 0) is 29.7 Å². The number of nitrogen functional groups attached to an aromatic ring is 1. The molecule has 2 aromatic carbocycles. The summed E-state index contributed by atoms with van der Waals surface area (Å²) in [7, 11) is -9.25. The Balaban J connectivity index is 0. The van der Waals surface area contributed by atoms with Crippen molar-refractivity contribution < 1.29 is 31.4 Å². The summed E-state index contributed by atoms with van der Waals surface area (Å²) in [5.41, 5.74) is 5.80. The number of rotatable bonds is 2. The minimum absolute atomic E-state index is 0. The molecule has 2 rings (SSSR count). The zero-order chi connectivity index (χ0) is 14.4. The van der Waals surface area contributed by atoms with Crippen LogP contribution in [0.25, 0.3) is 10.8 Å². The predicted octanol–water partition coefficient (Wildman–Crippen LogP) is -1.21. The van der Waals surface area contributed by atoms with E-state index in [4.69, 9.17) is 14.8 Å². The molecule has 0 bridgehead atoms. The monoisotopic (exact) mass is 369 g/mol. The Labute approximate surface area is 171 Å². The summed E-state index contributed by atoms with van der Waals surface area (Å²) in [6.07, 6.45) is 0. The molecule has 0 aliphatic carbocycles. The van der Waals surface area contributed by atoms with Gasteiger partial charge in [-0.3, -0.25) is 9.11 Å². The molecule has 12 heteroatoms. The number of anilines is 1. The molecule has 0 atom stereocenters. The molecule has 0 saturated carbocycles. The van der Waals surface area contributed by atoms with Gasteiger partial charge in [-0.15, -0.1) is 0 Å². The molecular formula is C10H13NNa2O7S2. The van der Waals surface area contributed by atoms with E-state index in [1.807, 2.05) is 0 Å². The number of hydrogen-bond donors (Lipinski definition) is 3. The maximum atomic E-state index is 11.3. The van der Waals surface area contributed by atoms with Crippen molar-refractivity contribution in [3.05, 3.63) is 30.3 Å². The van der Waals surface area contributed by atoms with E-state index in [1.54, 1.807) is 0 Å². The molecule has 0 aliphatic heterocycles. The van der Waals surface area contributed by atoms with E-state index in [0.717, 1.165) is 6.07 Å². The molecule has 0 aliphatic rings. The summed E-state index contributed by atoms with van der Waals surface area (Å²) in [6, 6.07) is 5.82. The van der Waals surface area contributed by atoms with Gasteiger partial charge in [-0.25, -0.2) is 0 Å². The molecule has 0 unspecified atom stereocenters. The van der Waals surface area contributed by atoms with Crippen LogP contribution in [0.4, 0.5) is 5.69 Å². The molecule has 0 fully saturated rings.